The highest BCUT2D eigenvalue weighted by atomic mass is 16.4. The summed E-state index contributed by atoms with van der Waals surface area (Å²) in [6.45, 7) is 8.52. The molecule has 0 amide bonds. The maximum Gasteiger partial charge on any atom is 0.309 e. The molecule has 0 radical (unpaired) electrons. The summed E-state index contributed by atoms with van der Waals surface area (Å²) in [7, 11) is 0. The summed E-state index contributed by atoms with van der Waals surface area (Å²) in [6.07, 6.45) is 5.42. The minimum absolute atomic E-state index is 0.282. The lowest BCUT2D eigenvalue weighted by atomic mass is 9.69. The number of hydrogen-bond acceptors (Lipinski definition) is 1. The lowest BCUT2D eigenvalue weighted by Crippen LogP contribution is -2.32. The summed E-state index contributed by atoms with van der Waals surface area (Å²) in [5.74, 6) is 1.27. The predicted octanol–water partition coefficient (Wildman–Crippen LogP) is 3.48. The third-order valence-electron chi connectivity index (χ3n) is 6.14. The fraction of sp³-hybridized carbons (Fsp3) is 0.800. The topological polar surface area (TPSA) is 37.3 Å². The fourth-order valence-corrected chi connectivity index (χ4v) is 5.29. The van der Waals surface area contributed by atoms with Crippen molar-refractivity contribution in [2.75, 3.05) is 0 Å². The van der Waals surface area contributed by atoms with Crippen LogP contribution >= 0.6 is 0 Å². The highest BCUT2D eigenvalue weighted by molar-refractivity contribution is 5.75. The van der Waals surface area contributed by atoms with E-state index in [1.165, 1.54) is 18.4 Å². The molecule has 0 bridgehead atoms. The van der Waals surface area contributed by atoms with Gasteiger partial charge in [-0.15, -0.1) is 0 Å². The smallest absolute Gasteiger partial charge is 0.309 e. The van der Waals surface area contributed by atoms with Gasteiger partial charge in [0.05, 0.1) is 5.41 Å². The van der Waals surface area contributed by atoms with Gasteiger partial charge in [-0.2, -0.15) is 0 Å². The highest BCUT2D eigenvalue weighted by Gasteiger charge is 2.66. The molecule has 3 saturated carbocycles. The van der Waals surface area contributed by atoms with Gasteiger partial charge in [0, 0.05) is 0 Å². The van der Waals surface area contributed by atoms with Gasteiger partial charge in [0.1, 0.15) is 0 Å². The molecule has 2 nitrogen and oxygen atoms in total. The zero-order chi connectivity index (χ0) is 12.4. The van der Waals surface area contributed by atoms with Gasteiger partial charge in [-0.3, -0.25) is 4.79 Å². The van der Waals surface area contributed by atoms with E-state index in [0.29, 0.717) is 11.8 Å². The SMILES string of the molecule is C=C1C[C@H]2CC[C@@H](C)[C@]23C[C@@](C)(C(=O)O)C[C@H]13. The highest BCUT2D eigenvalue weighted by Crippen LogP contribution is 2.72. The van der Waals surface area contributed by atoms with Crippen molar-refractivity contribution >= 4 is 5.97 Å². The lowest BCUT2D eigenvalue weighted by Gasteiger charge is -2.35. The minimum atomic E-state index is -0.605. The van der Waals surface area contributed by atoms with Crippen molar-refractivity contribution in [2.45, 2.75) is 46.0 Å². The van der Waals surface area contributed by atoms with Crippen LogP contribution in [0.25, 0.3) is 0 Å². The van der Waals surface area contributed by atoms with Gasteiger partial charge in [-0.1, -0.05) is 19.1 Å². The Morgan fingerprint density at radius 3 is 2.82 bits per heavy atom. The van der Waals surface area contributed by atoms with Crippen LogP contribution in [0, 0.1) is 28.6 Å². The standard InChI is InChI=1S/C15H22O2/c1-9-6-11-5-4-10(2)15(11)8-14(3,13(16)17)7-12(9)15/h10-12H,1,4-8H2,2-3H3,(H,16,17)/t10-,11-,12-,14+,15-/m1/s1. The molecule has 3 aliphatic rings. The fourth-order valence-electron chi connectivity index (χ4n) is 5.29. The van der Waals surface area contributed by atoms with Crippen LogP contribution in [0.4, 0.5) is 0 Å². The molecular formula is C15H22O2. The molecule has 3 aliphatic carbocycles. The molecule has 17 heavy (non-hydrogen) atoms. The van der Waals surface area contributed by atoms with Gasteiger partial charge in [0.2, 0.25) is 0 Å². The van der Waals surface area contributed by atoms with Crippen molar-refractivity contribution in [3.05, 3.63) is 12.2 Å². The summed E-state index contributed by atoms with van der Waals surface area (Å²) in [6, 6.07) is 0. The zero-order valence-corrected chi connectivity index (χ0v) is 10.8. The molecule has 0 aromatic heterocycles. The predicted molar refractivity (Wildman–Crippen MR) is 66.5 cm³/mol. The second-order valence-corrected chi connectivity index (χ2v) is 6.95. The summed E-state index contributed by atoms with van der Waals surface area (Å²) in [4.78, 5) is 11.5. The van der Waals surface area contributed by atoms with Crippen molar-refractivity contribution in [3.8, 4) is 0 Å². The molecule has 0 heterocycles. The summed E-state index contributed by atoms with van der Waals surface area (Å²) < 4.78 is 0. The van der Waals surface area contributed by atoms with E-state index in [-0.39, 0.29) is 5.41 Å². The van der Waals surface area contributed by atoms with E-state index < -0.39 is 11.4 Å². The normalized spacial score (nSPS) is 52.6. The molecular weight excluding hydrogens is 212 g/mol. The Bertz CT molecular complexity index is 400. The van der Waals surface area contributed by atoms with Crippen LogP contribution in [0.3, 0.4) is 0 Å². The van der Waals surface area contributed by atoms with E-state index in [2.05, 4.69) is 13.5 Å². The summed E-state index contributed by atoms with van der Waals surface area (Å²) in [5, 5.41) is 9.49. The molecule has 0 unspecified atom stereocenters. The average Bonchev–Trinajstić information content (AvgIpc) is 2.80. The van der Waals surface area contributed by atoms with Gasteiger partial charge >= 0.3 is 5.97 Å². The number of rotatable bonds is 1. The maximum absolute atomic E-state index is 11.5. The molecule has 0 aliphatic heterocycles. The number of aliphatic carboxylic acids is 1. The van der Waals surface area contributed by atoms with Crippen LogP contribution in [-0.4, -0.2) is 11.1 Å². The van der Waals surface area contributed by atoms with Crippen LogP contribution in [0.5, 0.6) is 0 Å². The van der Waals surface area contributed by atoms with Gasteiger partial charge in [0.15, 0.2) is 0 Å². The molecule has 1 N–H and O–H groups in total. The Kier molecular flexibility index (Phi) is 2.10. The van der Waals surface area contributed by atoms with Crippen LogP contribution in [0.15, 0.2) is 12.2 Å². The largest absolute Gasteiger partial charge is 0.481 e. The van der Waals surface area contributed by atoms with E-state index in [1.807, 2.05) is 6.92 Å². The Hall–Kier alpha value is -0.790. The van der Waals surface area contributed by atoms with E-state index in [1.54, 1.807) is 0 Å². The molecule has 3 fully saturated rings. The Morgan fingerprint density at radius 2 is 2.18 bits per heavy atom. The van der Waals surface area contributed by atoms with E-state index in [4.69, 9.17) is 0 Å². The molecule has 0 saturated heterocycles. The van der Waals surface area contributed by atoms with Crippen LogP contribution < -0.4 is 0 Å². The summed E-state index contributed by atoms with van der Waals surface area (Å²) >= 11 is 0. The summed E-state index contributed by atoms with van der Waals surface area (Å²) in [5.41, 5.74) is 1.11. The second kappa shape index (κ2) is 3.15. The quantitative estimate of drug-likeness (QED) is 0.705. The van der Waals surface area contributed by atoms with Crippen molar-refractivity contribution in [1.82, 2.24) is 0 Å². The monoisotopic (exact) mass is 234 g/mol. The third-order valence-corrected chi connectivity index (χ3v) is 6.14. The number of allylic oxidation sites excluding steroid dienone is 1. The first-order valence-electron chi connectivity index (χ1n) is 6.81. The van der Waals surface area contributed by atoms with E-state index in [0.717, 1.165) is 25.2 Å². The molecule has 0 aromatic carbocycles. The van der Waals surface area contributed by atoms with Crippen molar-refractivity contribution < 1.29 is 9.90 Å². The Morgan fingerprint density at radius 1 is 1.47 bits per heavy atom. The molecule has 3 rings (SSSR count). The molecule has 1 spiro atoms. The Labute approximate surface area is 103 Å². The molecule has 5 atom stereocenters. The van der Waals surface area contributed by atoms with E-state index in [9.17, 15) is 9.90 Å². The number of hydrogen-bond donors (Lipinski definition) is 1. The van der Waals surface area contributed by atoms with Gasteiger partial charge in [-0.25, -0.2) is 0 Å². The average molecular weight is 234 g/mol. The number of carboxylic acids is 1. The van der Waals surface area contributed by atoms with Crippen molar-refractivity contribution in [1.29, 1.82) is 0 Å². The molecule has 0 aromatic rings. The van der Waals surface area contributed by atoms with Crippen molar-refractivity contribution in [2.24, 2.45) is 28.6 Å². The lowest BCUT2D eigenvalue weighted by molar-refractivity contribution is -0.148. The van der Waals surface area contributed by atoms with Crippen molar-refractivity contribution in [3.63, 3.8) is 0 Å². The minimum Gasteiger partial charge on any atom is -0.481 e. The van der Waals surface area contributed by atoms with Crippen LogP contribution in [-0.2, 0) is 4.79 Å². The number of carboxylic acid groups (broad SMARTS) is 1. The molecule has 94 valence electrons. The Balaban J connectivity index is 2.04. The van der Waals surface area contributed by atoms with Crippen LogP contribution in [0.2, 0.25) is 0 Å². The van der Waals surface area contributed by atoms with Gasteiger partial charge < -0.3 is 5.11 Å². The van der Waals surface area contributed by atoms with Gasteiger partial charge in [0.25, 0.3) is 0 Å². The maximum atomic E-state index is 11.5. The third kappa shape index (κ3) is 1.19. The molecule has 2 heteroatoms. The number of carbonyl (C=O) groups is 1. The first-order chi connectivity index (χ1) is 7.90. The first-order valence-corrected chi connectivity index (χ1v) is 6.81. The van der Waals surface area contributed by atoms with Crippen LogP contribution in [0.1, 0.15) is 46.0 Å². The second-order valence-electron chi connectivity index (χ2n) is 6.95. The first kappa shape index (κ1) is 11.3. The van der Waals surface area contributed by atoms with Gasteiger partial charge in [-0.05, 0) is 62.2 Å². The van der Waals surface area contributed by atoms with E-state index >= 15 is 0 Å². The zero-order valence-electron chi connectivity index (χ0n) is 10.8.